The standard InChI is InChI=1S/C41H42/c1-7-41(5,6)36-20-16-31(17-21-36)40(30-12-9-27(2)10-13-30)35-19-23-38-33(26-35)15-14-32-25-34(18-22-37(32)38)39-24-28(3)8-11-29(39)4/h8-26,29,39-40H,7H2,1-6H3. The van der Waals surface area contributed by atoms with Gasteiger partial charge in [0.05, 0.1) is 0 Å². The fourth-order valence-electron chi connectivity index (χ4n) is 6.48. The minimum Gasteiger partial charge on any atom is -0.0805 e. The van der Waals surface area contributed by atoms with Crippen molar-refractivity contribution in [3.63, 3.8) is 0 Å². The van der Waals surface area contributed by atoms with Crippen LogP contribution in [0, 0.1) is 12.8 Å². The van der Waals surface area contributed by atoms with Crippen LogP contribution in [0.4, 0.5) is 0 Å². The molecule has 6 rings (SSSR count). The Morgan fingerprint density at radius 3 is 1.93 bits per heavy atom. The molecule has 0 aliphatic heterocycles. The number of hydrogen-bond donors (Lipinski definition) is 0. The molecular weight excluding hydrogens is 492 g/mol. The average Bonchev–Trinajstić information content (AvgIpc) is 2.99. The molecule has 0 nitrogen and oxygen atoms in total. The first kappa shape index (κ1) is 27.3. The van der Waals surface area contributed by atoms with Crippen LogP contribution in [0.1, 0.15) is 86.3 Å². The Bertz CT molecular complexity index is 1760. The normalized spacial score (nSPS) is 18.0. The van der Waals surface area contributed by atoms with E-state index in [4.69, 9.17) is 0 Å². The molecule has 41 heavy (non-hydrogen) atoms. The van der Waals surface area contributed by atoms with Crippen LogP contribution in [-0.2, 0) is 5.41 Å². The summed E-state index contributed by atoms with van der Waals surface area (Å²) in [6, 6.07) is 37.3. The van der Waals surface area contributed by atoms with Gasteiger partial charge in [0.15, 0.2) is 0 Å². The van der Waals surface area contributed by atoms with E-state index in [1.807, 2.05) is 0 Å². The number of hydrogen-bond acceptors (Lipinski definition) is 0. The molecule has 0 heterocycles. The van der Waals surface area contributed by atoms with Gasteiger partial charge in [-0.15, -0.1) is 0 Å². The van der Waals surface area contributed by atoms with E-state index in [1.165, 1.54) is 60.5 Å². The van der Waals surface area contributed by atoms with Crippen LogP contribution in [-0.4, -0.2) is 0 Å². The average molecular weight is 535 g/mol. The first-order chi connectivity index (χ1) is 19.7. The molecule has 3 unspecified atom stereocenters. The fraction of sp³-hybridized carbons (Fsp3) is 0.268. The zero-order valence-electron chi connectivity index (χ0n) is 25.4. The first-order valence-electron chi connectivity index (χ1n) is 15.2. The maximum Gasteiger partial charge on any atom is 0.0340 e. The molecule has 0 amide bonds. The van der Waals surface area contributed by atoms with Crippen molar-refractivity contribution in [3.8, 4) is 0 Å². The summed E-state index contributed by atoms with van der Waals surface area (Å²) in [4.78, 5) is 0. The SMILES string of the molecule is CCC(C)(C)c1ccc(C(c2ccc(C)cc2)c2ccc3c(ccc4cc(C5C=C(C)C=CC5C)ccc43)c2)cc1. The van der Waals surface area contributed by atoms with E-state index >= 15 is 0 Å². The van der Waals surface area contributed by atoms with Crippen molar-refractivity contribution in [1.29, 1.82) is 0 Å². The van der Waals surface area contributed by atoms with Gasteiger partial charge in [-0.2, -0.15) is 0 Å². The van der Waals surface area contributed by atoms with Crippen molar-refractivity contribution < 1.29 is 0 Å². The lowest BCUT2D eigenvalue weighted by atomic mass is 9.79. The molecular formula is C41H42. The van der Waals surface area contributed by atoms with Gasteiger partial charge in [0, 0.05) is 11.8 Å². The number of rotatable bonds is 6. The van der Waals surface area contributed by atoms with Gasteiger partial charge < -0.3 is 0 Å². The molecule has 5 aromatic rings. The molecule has 0 heteroatoms. The monoisotopic (exact) mass is 534 g/mol. The summed E-state index contributed by atoms with van der Waals surface area (Å²) in [6.07, 6.45) is 8.13. The van der Waals surface area contributed by atoms with E-state index < -0.39 is 0 Å². The zero-order chi connectivity index (χ0) is 28.7. The summed E-state index contributed by atoms with van der Waals surface area (Å²) in [7, 11) is 0. The second-order valence-electron chi connectivity index (χ2n) is 12.9. The van der Waals surface area contributed by atoms with Crippen molar-refractivity contribution in [2.75, 3.05) is 0 Å². The van der Waals surface area contributed by atoms with Crippen LogP contribution >= 0.6 is 0 Å². The Morgan fingerprint density at radius 2 is 1.27 bits per heavy atom. The fourth-order valence-corrected chi connectivity index (χ4v) is 6.48. The maximum absolute atomic E-state index is 2.42. The Kier molecular flexibility index (Phi) is 7.20. The topological polar surface area (TPSA) is 0 Å². The molecule has 0 saturated carbocycles. The smallest absolute Gasteiger partial charge is 0.0340 e. The third-order valence-electron chi connectivity index (χ3n) is 9.59. The second-order valence-corrected chi connectivity index (χ2v) is 12.9. The Hall–Kier alpha value is -3.90. The van der Waals surface area contributed by atoms with Crippen LogP contribution in [0.2, 0.25) is 0 Å². The van der Waals surface area contributed by atoms with E-state index in [1.54, 1.807) is 0 Å². The highest BCUT2D eigenvalue weighted by Gasteiger charge is 2.22. The molecule has 0 saturated heterocycles. The van der Waals surface area contributed by atoms with Crippen LogP contribution in [0.3, 0.4) is 0 Å². The van der Waals surface area contributed by atoms with Crippen LogP contribution in [0.25, 0.3) is 21.5 Å². The Morgan fingerprint density at radius 1 is 0.683 bits per heavy atom. The molecule has 3 atom stereocenters. The van der Waals surface area contributed by atoms with Crippen molar-refractivity contribution >= 4 is 21.5 Å². The van der Waals surface area contributed by atoms with Crippen molar-refractivity contribution in [2.45, 2.75) is 65.2 Å². The molecule has 0 radical (unpaired) electrons. The summed E-state index contributed by atoms with van der Waals surface area (Å²) in [5.41, 5.74) is 9.65. The van der Waals surface area contributed by atoms with Crippen molar-refractivity contribution in [2.24, 2.45) is 5.92 Å². The van der Waals surface area contributed by atoms with Gasteiger partial charge >= 0.3 is 0 Å². The van der Waals surface area contributed by atoms with E-state index in [2.05, 4.69) is 157 Å². The van der Waals surface area contributed by atoms with E-state index in [-0.39, 0.29) is 11.3 Å². The highest BCUT2D eigenvalue weighted by Crippen LogP contribution is 2.38. The summed E-state index contributed by atoms with van der Waals surface area (Å²) < 4.78 is 0. The lowest BCUT2D eigenvalue weighted by Crippen LogP contribution is -2.15. The summed E-state index contributed by atoms with van der Waals surface area (Å²) in [5, 5.41) is 5.27. The van der Waals surface area contributed by atoms with E-state index in [9.17, 15) is 0 Å². The molecule has 0 N–H and O–H groups in total. The van der Waals surface area contributed by atoms with Crippen LogP contribution in [0.15, 0.2) is 121 Å². The van der Waals surface area contributed by atoms with Crippen LogP contribution < -0.4 is 0 Å². The van der Waals surface area contributed by atoms with E-state index in [0.717, 1.165) is 6.42 Å². The van der Waals surface area contributed by atoms with Crippen molar-refractivity contribution in [3.05, 3.63) is 154 Å². The number of benzene rings is 5. The van der Waals surface area contributed by atoms with Gasteiger partial charge in [0.1, 0.15) is 0 Å². The second kappa shape index (κ2) is 10.8. The number of fused-ring (bicyclic) bond motifs is 3. The third-order valence-corrected chi connectivity index (χ3v) is 9.59. The third kappa shape index (κ3) is 5.29. The minimum absolute atomic E-state index is 0.183. The molecule has 0 spiro atoms. The summed E-state index contributed by atoms with van der Waals surface area (Å²) in [5.74, 6) is 1.14. The first-order valence-corrected chi connectivity index (χ1v) is 15.2. The predicted octanol–water partition coefficient (Wildman–Crippen LogP) is 11.4. The maximum atomic E-state index is 2.42. The van der Waals surface area contributed by atoms with Gasteiger partial charge in [0.2, 0.25) is 0 Å². The molecule has 1 aliphatic rings. The highest BCUT2D eigenvalue weighted by molar-refractivity contribution is 6.07. The Labute approximate surface area is 246 Å². The summed E-state index contributed by atoms with van der Waals surface area (Å²) in [6.45, 7) is 13.6. The highest BCUT2D eigenvalue weighted by atomic mass is 14.3. The number of allylic oxidation sites excluding steroid dienone is 4. The molecule has 206 valence electrons. The van der Waals surface area contributed by atoms with Gasteiger partial charge in [-0.1, -0.05) is 154 Å². The quantitative estimate of drug-likeness (QED) is 0.150. The molecule has 1 aliphatic carbocycles. The molecule has 0 bridgehead atoms. The number of aryl methyl sites for hydroxylation is 1. The molecule has 0 fully saturated rings. The predicted molar refractivity (Wildman–Crippen MR) is 178 cm³/mol. The summed E-state index contributed by atoms with van der Waals surface area (Å²) >= 11 is 0. The van der Waals surface area contributed by atoms with Gasteiger partial charge in [-0.05, 0) is 81.0 Å². The molecule has 5 aromatic carbocycles. The van der Waals surface area contributed by atoms with Crippen molar-refractivity contribution in [1.82, 2.24) is 0 Å². The minimum atomic E-state index is 0.183. The zero-order valence-corrected chi connectivity index (χ0v) is 25.4. The van der Waals surface area contributed by atoms with E-state index in [0.29, 0.717) is 11.8 Å². The van der Waals surface area contributed by atoms with Gasteiger partial charge in [-0.25, -0.2) is 0 Å². The van der Waals surface area contributed by atoms with Gasteiger partial charge in [-0.3, -0.25) is 0 Å². The Balaban J connectivity index is 1.42. The lowest BCUT2D eigenvalue weighted by Gasteiger charge is -2.25. The molecule has 0 aromatic heterocycles. The van der Waals surface area contributed by atoms with Crippen LogP contribution in [0.5, 0.6) is 0 Å². The van der Waals surface area contributed by atoms with Gasteiger partial charge in [0.25, 0.3) is 0 Å². The largest absolute Gasteiger partial charge is 0.0805 e. The lowest BCUT2D eigenvalue weighted by molar-refractivity contribution is 0.506.